The highest BCUT2D eigenvalue weighted by Crippen LogP contribution is 2.42. The van der Waals surface area contributed by atoms with Gasteiger partial charge in [0.25, 0.3) is 0 Å². The van der Waals surface area contributed by atoms with Gasteiger partial charge in [-0.2, -0.15) is 0 Å². The molecular formula is C46H28N4O2. The number of nitrogens with one attached hydrogen (secondary N) is 1. The van der Waals surface area contributed by atoms with Crippen molar-refractivity contribution in [2.45, 2.75) is 6.17 Å². The van der Waals surface area contributed by atoms with E-state index in [1.165, 1.54) is 0 Å². The predicted molar refractivity (Wildman–Crippen MR) is 211 cm³/mol. The van der Waals surface area contributed by atoms with Crippen LogP contribution in [0.15, 0.2) is 177 Å². The lowest BCUT2D eigenvalue weighted by Gasteiger charge is -2.26. The molecule has 11 rings (SSSR count). The summed E-state index contributed by atoms with van der Waals surface area (Å²) in [5.74, 6) is 1.41. The first-order valence-electron chi connectivity index (χ1n) is 17.4. The fourth-order valence-corrected chi connectivity index (χ4v) is 7.87. The molecule has 1 aliphatic heterocycles. The van der Waals surface area contributed by atoms with Gasteiger partial charge in [-0.3, -0.25) is 4.98 Å². The third-order valence-corrected chi connectivity index (χ3v) is 10.2. The van der Waals surface area contributed by atoms with E-state index in [0.29, 0.717) is 5.84 Å². The zero-order valence-corrected chi connectivity index (χ0v) is 27.7. The number of nitrogens with zero attached hydrogens (tertiary/aromatic N) is 3. The number of aliphatic imine (C=N–C) groups is 2. The van der Waals surface area contributed by atoms with E-state index in [2.05, 4.69) is 101 Å². The number of benzene rings is 7. The Morgan fingerprint density at radius 2 is 1.29 bits per heavy atom. The van der Waals surface area contributed by atoms with E-state index in [1.807, 2.05) is 67.0 Å². The van der Waals surface area contributed by atoms with Crippen molar-refractivity contribution < 1.29 is 8.83 Å². The number of para-hydroxylation sites is 1. The lowest BCUT2D eigenvalue weighted by Crippen LogP contribution is -2.34. The van der Waals surface area contributed by atoms with Crippen LogP contribution in [0.25, 0.3) is 76.5 Å². The van der Waals surface area contributed by atoms with Gasteiger partial charge in [0, 0.05) is 56.0 Å². The smallest absolute Gasteiger partial charge is 0.159 e. The van der Waals surface area contributed by atoms with Crippen LogP contribution in [0.3, 0.4) is 0 Å². The van der Waals surface area contributed by atoms with E-state index in [4.69, 9.17) is 18.8 Å². The van der Waals surface area contributed by atoms with Crippen molar-refractivity contribution in [3.63, 3.8) is 0 Å². The zero-order chi connectivity index (χ0) is 34.2. The van der Waals surface area contributed by atoms with Crippen LogP contribution in [-0.4, -0.2) is 16.7 Å². The molecule has 52 heavy (non-hydrogen) atoms. The molecule has 0 saturated carbocycles. The quantitative estimate of drug-likeness (QED) is 0.202. The summed E-state index contributed by atoms with van der Waals surface area (Å²) in [4.78, 5) is 15.0. The van der Waals surface area contributed by atoms with Gasteiger partial charge in [0.2, 0.25) is 0 Å². The Balaban J connectivity index is 1.18. The molecule has 10 aromatic rings. The minimum atomic E-state index is -0.441. The highest BCUT2D eigenvalue weighted by molar-refractivity contribution is 6.23. The van der Waals surface area contributed by atoms with E-state index < -0.39 is 6.17 Å². The van der Waals surface area contributed by atoms with Crippen LogP contribution in [0.2, 0.25) is 0 Å². The number of fused-ring (bicyclic) bond motifs is 8. The van der Waals surface area contributed by atoms with E-state index in [1.54, 1.807) is 0 Å². The van der Waals surface area contributed by atoms with Gasteiger partial charge < -0.3 is 14.2 Å². The summed E-state index contributed by atoms with van der Waals surface area (Å²) in [6.07, 6.45) is 3.29. The average Bonchev–Trinajstić information content (AvgIpc) is 3.77. The van der Waals surface area contributed by atoms with Crippen molar-refractivity contribution in [1.29, 1.82) is 0 Å². The Labute approximate surface area is 297 Å². The molecule has 1 unspecified atom stereocenters. The van der Waals surface area contributed by atoms with Gasteiger partial charge in [-0.25, -0.2) is 9.98 Å². The molecule has 6 heteroatoms. The molecule has 0 radical (unpaired) electrons. The molecule has 6 nitrogen and oxygen atoms in total. The van der Waals surface area contributed by atoms with Crippen LogP contribution >= 0.6 is 0 Å². The minimum absolute atomic E-state index is 0.441. The number of hydrogen-bond acceptors (Lipinski definition) is 6. The molecule has 1 N–H and O–H groups in total. The summed E-state index contributed by atoms with van der Waals surface area (Å²) in [6.45, 7) is 0. The summed E-state index contributed by atoms with van der Waals surface area (Å²) in [7, 11) is 0. The van der Waals surface area contributed by atoms with E-state index in [9.17, 15) is 0 Å². The van der Waals surface area contributed by atoms with Crippen LogP contribution in [-0.2, 0) is 0 Å². The fourth-order valence-electron chi connectivity index (χ4n) is 7.87. The van der Waals surface area contributed by atoms with Crippen molar-refractivity contribution in [3.8, 4) is 11.1 Å². The van der Waals surface area contributed by atoms with Gasteiger partial charge in [-0.15, -0.1) is 0 Å². The topological polar surface area (TPSA) is 75.9 Å². The Morgan fingerprint density at radius 3 is 2.21 bits per heavy atom. The van der Waals surface area contributed by atoms with Crippen molar-refractivity contribution >= 4 is 77.1 Å². The Hall–Kier alpha value is -7.05. The maximum atomic E-state index is 6.52. The fraction of sp³-hybridized carbons (Fsp3) is 0.0217. The number of hydrogen-bond donors (Lipinski definition) is 1. The number of furan rings is 2. The molecule has 0 saturated heterocycles. The lowest BCUT2D eigenvalue weighted by atomic mass is 9.90. The second-order valence-corrected chi connectivity index (χ2v) is 13.2. The number of pyridine rings is 1. The van der Waals surface area contributed by atoms with E-state index in [-0.39, 0.29) is 0 Å². The summed E-state index contributed by atoms with van der Waals surface area (Å²) in [5.41, 5.74) is 8.43. The summed E-state index contributed by atoms with van der Waals surface area (Å²) in [6, 6.07) is 50.1. The molecule has 0 spiro atoms. The van der Waals surface area contributed by atoms with Gasteiger partial charge in [-0.05, 0) is 63.7 Å². The van der Waals surface area contributed by atoms with Gasteiger partial charge in [0.1, 0.15) is 34.3 Å². The molecule has 0 fully saturated rings. The molecular weight excluding hydrogens is 641 g/mol. The van der Waals surface area contributed by atoms with Crippen LogP contribution in [0.1, 0.15) is 22.9 Å². The summed E-state index contributed by atoms with van der Waals surface area (Å²) < 4.78 is 12.8. The van der Waals surface area contributed by atoms with Gasteiger partial charge in [-0.1, -0.05) is 109 Å². The molecule has 0 bridgehead atoms. The van der Waals surface area contributed by atoms with Crippen LogP contribution in [0, 0.1) is 0 Å². The Morgan fingerprint density at radius 1 is 0.519 bits per heavy atom. The van der Waals surface area contributed by atoms with Crippen LogP contribution in [0.5, 0.6) is 0 Å². The Bertz CT molecular complexity index is 3120. The summed E-state index contributed by atoms with van der Waals surface area (Å²) >= 11 is 0. The van der Waals surface area contributed by atoms with Gasteiger partial charge in [0.15, 0.2) is 5.84 Å². The highest BCUT2D eigenvalue weighted by Gasteiger charge is 2.27. The van der Waals surface area contributed by atoms with Crippen molar-refractivity contribution in [3.05, 3.63) is 175 Å². The van der Waals surface area contributed by atoms with E-state index >= 15 is 0 Å². The van der Waals surface area contributed by atoms with E-state index in [0.717, 1.165) is 99.1 Å². The average molecular weight is 669 g/mol. The third kappa shape index (κ3) is 4.41. The Kier molecular flexibility index (Phi) is 6.21. The third-order valence-electron chi connectivity index (χ3n) is 10.2. The standard InChI is InChI=1S/C46H28N4O2/c1-2-11-28(12-3-1)44-48-45(35-16-9-19-39-42(35)34-14-6-7-17-37(34)51-39)50-46(49-44)43-31-13-5-4-10-27(31)20-21-33(43)32-15-8-18-38-41(32)36-24-30-26-47-23-22-29(30)25-40(36)52-38/h1-26,45H,(H,48,49,50). The monoisotopic (exact) mass is 668 g/mol. The van der Waals surface area contributed by atoms with Crippen LogP contribution < -0.4 is 5.32 Å². The number of rotatable bonds is 4. The minimum Gasteiger partial charge on any atom is -0.456 e. The lowest BCUT2D eigenvalue weighted by molar-refractivity contribution is 0.662. The largest absolute Gasteiger partial charge is 0.456 e. The molecule has 7 aromatic carbocycles. The van der Waals surface area contributed by atoms with Gasteiger partial charge >= 0.3 is 0 Å². The van der Waals surface area contributed by atoms with Crippen molar-refractivity contribution in [2.75, 3.05) is 0 Å². The second-order valence-electron chi connectivity index (χ2n) is 13.2. The first kappa shape index (κ1) is 28.8. The van der Waals surface area contributed by atoms with Crippen LogP contribution in [0.4, 0.5) is 0 Å². The number of amidine groups is 2. The van der Waals surface area contributed by atoms with Gasteiger partial charge in [0.05, 0.1) is 0 Å². The molecule has 3 aromatic heterocycles. The molecule has 0 aliphatic carbocycles. The molecule has 244 valence electrons. The van der Waals surface area contributed by atoms with Crippen molar-refractivity contribution in [2.24, 2.45) is 9.98 Å². The normalized spacial score (nSPS) is 14.7. The zero-order valence-electron chi connectivity index (χ0n) is 27.7. The first-order valence-corrected chi connectivity index (χ1v) is 17.4. The molecule has 4 heterocycles. The summed E-state index contributed by atoms with van der Waals surface area (Å²) in [5, 5.41) is 12.4. The molecule has 1 aliphatic rings. The molecule has 0 amide bonds. The highest BCUT2D eigenvalue weighted by atomic mass is 16.3. The molecule has 1 atom stereocenters. The van der Waals surface area contributed by atoms with Crippen molar-refractivity contribution in [1.82, 2.24) is 10.3 Å². The predicted octanol–water partition coefficient (Wildman–Crippen LogP) is 11.3. The maximum Gasteiger partial charge on any atom is 0.159 e. The maximum absolute atomic E-state index is 6.52. The second kappa shape index (κ2) is 11.2. The SMILES string of the molecule is c1ccc(C2=NC(c3cccc4oc5ccccc5c34)NC(c3c(-c4cccc5oc6cc7ccncc7cc6c45)ccc4ccccc34)=N2)cc1. The first-order chi connectivity index (χ1) is 25.8. The number of aromatic nitrogens is 1.